The number of nitrogens with two attached hydrogens (primary N) is 1. The first-order chi connectivity index (χ1) is 17.8. The number of nitrogens with zero attached hydrogens (tertiary/aromatic N) is 4. The SMILES string of the molecule is COc1ccc(C(Nc2ccc(C(=N)N)c(OC(C)=O)c2)c2nn(-c3cccnn3)c(=O)[nH]2)cc1OC. The smallest absolute Gasteiger partial charge is 0.349 e. The van der Waals surface area contributed by atoms with Gasteiger partial charge in [0.2, 0.25) is 0 Å². The van der Waals surface area contributed by atoms with Gasteiger partial charge in [-0.1, -0.05) is 6.07 Å². The summed E-state index contributed by atoms with van der Waals surface area (Å²) in [6.45, 7) is 1.25. The number of ether oxygens (including phenoxy) is 3. The van der Waals surface area contributed by atoms with Crippen LogP contribution in [-0.4, -0.2) is 51.0 Å². The van der Waals surface area contributed by atoms with Crippen molar-refractivity contribution >= 4 is 17.5 Å². The zero-order valence-corrected chi connectivity index (χ0v) is 20.2. The molecule has 0 saturated carbocycles. The first-order valence-electron chi connectivity index (χ1n) is 10.9. The van der Waals surface area contributed by atoms with Gasteiger partial charge in [0.05, 0.1) is 19.8 Å². The van der Waals surface area contributed by atoms with E-state index >= 15 is 0 Å². The van der Waals surface area contributed by atoms with E-state index in [1.807, 2.05) is 0 Å². The van der Waals surface area contributed by atoms with Gasteiger partial charge in [-0.3, -0.25) is 15.2 Å². The summed E-state index contributed by atoms with van der Waals surface area (Å²) in [4.78, 5) is 27.1. The first kappa shape index (κ1) is 24.9. The number of rotatable bonds is 9. The molecule has 4 rings (SSSR count). The second-order valence-corrected chi connectivity index (χ2v) is 7.72. The summed E-state index contributed by atoms with van der Waals surface area (Å²) in [6.07, 6.45) is 1.49. The number of benzene rings is 2. The minimum atomic E-state index is -0.709. The van der Waals surface area contributed by atoms with Gasteiger partial charge >= 0.3 is 11.7 Å². The van der Waals surface area contributed by atoms with E-state index in [4.69, 9.17) is 25.4 Å². The van der Waals surface area contributed by atoms with Gasteiger partial charge in [0.15, 0.2) is 23.1 Å². The van der Waals surface area contributed by atoms with E-state index in [2.05, 4.69) is 25.6 Å². The molecule has 4 aromatic rings. The van der Waals surface area contributed by atoms with E-state index in [1.165, 1.54) is 33.4 Å². The molecule has 2 aromatic heterocycles. The van der Waals surface area contributed by atoms with Gasteiger partial charge < -0.3 is 25.3 Å². The van der Waals surface area contributed by atoms with E-state index in [1.54, 1.807) is 42.5 Å². The zero-order valence-electron chi connectivity index (χ0n) is 20.2. The maximum absolute atomic E-state index is 12.8. The van der Waals surface area contributed by atoms with Gasteiger partial charge in [-0.25, -0.2) is 4.79 Å². The van der Waals surface area contributed by atoms with Crippen LogP contribution < -0.4 is 31.0 Å². The fraction of sp³-hybridized carbons (Fsp3) is 0.167. The minimum Gasteiger partial charge on any atom is -0.493 e. The van der Waals surface area contributed by atoms with Crippen LogP contribution in [0.1, 0.15) is 29.9 Å². The molecule has 0 bridgehead atoms. The molecule has 2 aromatic carbocycles. The van der Waals surface area contributed by atoms with Gasteiger partial charge in [0.1, 0.15) is 17.6 Å². The fourth-order valence-electron chi connectivity index (χ4n) is 3.61. The molecule has 190 valence electrons. The van der Waals surface area contributed by atoms with Crippen molar-refractivity contribution in [3.8, 4) is 23.1 Å². The number of aromatic nitrogens is 5. The normalized spacial score (nSPS) is 11.4. The first-order valence-corrected chi connectivity index (χ1v) is 10.9. The number of H-pyrrole nitrogens is 1. The highest BCUT2D eigenvalue weighted by Gasteiger charge is 2.23. The molecule has 37 heavy (non-hydrogen) atoms. The number of hydrogen-bond donors (Lipinski definition) is 4. The molecule has 13 nitrogen and oxygen atoms in total. The van der Waals surface area contributed by atoms with Crippen molar-refractivity contribution in [3.05, 3.63) is 82.2 Å². The molecular formula is C24H24N8O5. The Morgan fingerprint density at radius 2 is 1.89 bits per heavy atom. The molecule has 0 amide bonds. The predicted molar refractivity (Wildman–Crippen MR) is 134 cm³/mol. The average molecular weight is 505 g/mol. The van der Waals surface area contributed by atoms with Crippen LogP contribution in [0, 0.1) is 5.41 Å². The third kappa shape index (κ3) is 5.40. The quantitative estimate of drug-likeness (QED) is 0.113. The Bertz CT molecular complexity index is 1500. The number of carbonyl (C=O) groups excluding carboxylic acids is 1. The van der Waals surface area contributed by atoms with Crippen LogP contribution in [0.2, 0.25) is 0 Å². The molecule has 0 saturated heterocycles. The molecule has 0 aliphatic rings. The highest BCUT2D eigenvalue weighted by atomic mass is 16.5. The third-order valence-electron chi connectivity index (χ3n) is 5.26. The molecular weight excluding hydrogens is 480 g/mol. The number of esters is 1. The molecule has 0 aliphatic carbocycles. The highest BCUT2D eigenvalue weighted by molar-refractivity contribution is 5.98. The standard InChI is InChI=1S/C24H24N8O5/c1-13(33)37-18-12-15(7-8-16(18)22(25)26)28-21(14-6-9-17(35-2)19(11-14)36-3)23-29-24(34)32(31-23)20-5-4-10-27-30-20/h4-12,21,28H,1-3H3,(H3,25,26)(H,29,31,34). The Kier molecular flexibility index (Phi) is 7.14. The Balaban J connectivity index is 1.82. The second kappa shape index (κ2) is 10.6. The number of methoxy groups -OCH3 is 2. The lowest BCUT2D eigenvalue weighted by atomic mass is 10.0. The molecule has 1 unspecified atom stereocenters. The maximum atomic E-state index is 12.8. The molecule has 2 heterocycles. The Morgan fingerprint density at radius 3 is 2.54 bits per heavy atom. The van der Waals surface area contributed by atoms with Crippen molar-refractivity contribution < 1.29 is 19.0 Å². The lowest BCUT2D eigenvalue weighted by molar-refractivity contribution is -0.131. The number of hydrogen-bond acceptors (Lipinski definition) is 10. The van der Waals surface area contributed by atoms with Crippen LogP contribution in [0.15, 0.2) is 59.5 Å². The summed E-state index contributed by atoms with van der Waals surface area (Å²) in [6, 6.07) is 12.5. The average Bonchev–Trinajstić information content (AvgIpc) is 3.28. The van der Waals surface area contributed by atoms with Gasteiger partial charge in [0.25, 0.3) is 0 Å². The molecule has 0 aliphatic heterocycles. The van der Waals surface area contributed by atoms with Crippen molar-refractivity contribution in [1.29, 1.82) is 5.41 Å². The van der Waals surface area contributed by atoms with E-state index < -0.39 is 17.7 Å². The number of amidine groups is 1. The molecule has 13 heteroatoms. The maximum Gasteiger partial charge on any atom is 0.349 e. The Labute approximate surface area is 210 Å². The summed E-state index contributed by atoms with van der Waals surface area (Å²) in [7, 11) is 3.04. The third-order valence-corrected chi connectivity index (χ3v) is 5.26. The van der Waals surface area contributed by atoms with Gasteiger partial charge in [-0.2, -0.15) is 9.78 Å². The summed E-state index contributed by atoms with van der Waals surface area (Å²) in [5.41, 5.74) is 6.54. The summed E-state index contributed by atoms with van der Waals surface area (Å²) < 4.78 is 17.2. The molecule has 1 atom stereocenters. The minimum absolute atomic E-state index is 0.106. The number of aromatic amines is 1. The topological polar surface area (TPSA) is 183 Å². The summed E-state index contributed by atoms with van der Waals surface area (Å²) >= 11 is 0. The van der Waals surface area contributed by atoms with E-state index in [0.29, 0.717) is 22.7 Å². The summed E-state index contributed by atoms with van der Waals surface area (Å²) in [5, 5.41) is 23.2. The van der Waals surface area contributed by atoms with Crippen LogP contribution in [0.3, 0.4) is 0 Å². The fourth-order valence-corrected chi connectivity index (χ4v) is 3.61. The summed E-state index contributed by atoms with van der Waals surface area (Å²) in [5.74, 6) is 0.766. The second-order valence-electron chi connectivity index (χ2n) is 7.72. The zero-order chi connectivity index (χ0) is 26.5. The van der Waals surface area contributed by atoms with Gasteiger partial charge in [-0.05, 0) is 42.0 Å². The number of carbonyl (C=O) groups is 1. The largest absolute Gasteiger partial charge is 0.493 e. The molecule has 0 radical (unpaired) electrons. The molecule has 0 fully saturated rings. The van der Waals surface area contributed by atoms with Crippen molar-refractivity contribution in [2.75, 3.05) is 19.5 Å². The predicted octanol–water partition coefficient (Wildman–Crippen LogP) is 1.78. The van der Waals surface area contributed by atoms with Crippen molar-refractivity contribution in [1.82, 2.24) is 25.0 Å². The van der Waals surface area contributed by atoms with E-state index in [9.17, 15) is 9.59 Å². The van der Waals surface area contributed by atoms with Crippen molar-refractivity contribution in [2.45, 2.75) is 13.0 Å². The van der Waals surface area contributed by atoms with E-state index in [-0.39, 0.29) is 28.8 Å². The Morgan fingerprint density at radius 1 is 1.11 bits per heavy atom. The van der Waals surface area contributed by atoms with Crippen LogP contribution in [-0.2, 0) is 4.79 Å². The van der Waals surface area contributed by atoms with Crippen LogP contribution in [0.4, 0.5) is 5.69 Å². The van der Waals surface area contributed by atoms with Gasteiger partial charge in [-0.15, -0.1) is 10.2 Å². The van der Waals surface area contributed by atoms with Crippen LogP contribution in [0.5, 0.6) is 17.2 Å². The molecule has 5 N–H and O–H groups in total. The van der Waals surface area contributed by atoms with E-state index in [0.717, 1.165) is 4.68 Å². The lowest BCUT2D eigenvalue weighted by Gasteiger charge is -2.20. The number of nitrogen functional groups attached to an aromatic ring is 1. The van der Waals surface area contributed by atoms with Crippen molar-refractivity contribution in [2.24, 2.45) is 5.73 Å². The highest BCUT2D eigenvalue weighted by Crippen LogP contribution is 2.34. The van der Waals surface area contributed by atoms with Crippen LogP contribution >= 0.6 is 0 Å². The Hall–Kier alpha value is -5.20. The van der Waals surface area contributed by atoms with Crippen molar-refractivity contribution in [3.63, 3.8) is 0 Å². The lowest BCUT2D eigenvalue weighted by Crippen LogP contribution is -2.17. The molecule has 0 spiro atoms. The number of anilines is 1. The van der Waals surface area contributed by atoms with Gasteiger partial charge in [0, 0.05) is 24.9 Å². The van der Waals surface area contributed by atoms with Crippen LogP contribution in [0.25, 0.3) is 5.82 Å². The number of nitrogens with one attached hydrogen (secondary N) is 3. The monoisotopic (exact) mass is 504 g/mol.